The minimum Gasteiger partial charge on any atom is -0.309 e. The van der Waals surface area contributed by atoms with Crippen LogP contribution in [0.1, 0.15) is 0 Å². The van der Waals surface area contributed by atoms with E-state index in [2.05, 4.69) is 204 Å². The Morgan fingerprint density at radius 1 is 0.396 bits per heavy atom. The molecule has 0 spiro atoms. The van der Waals surface area contributed by atoms with Gasteiger partial charge in [-0.1, -0.05) is 133 Å². The topological polar surface area (TPSA) is 8.17 Å². The van der Waals surface area contributed by atoms with Gasteiger partial charge in [0, 0.05) is 42.3 Å². The van der Waals surface area contributed by atoms with E-state index in [1.165, 1.54) is 80.3 Å². The van der Waals surface area contributed by atoms with Crippen molar-refractivity contribution >= 4 is 91.9 Å². The predicted molar refractivity (Wildman–Crippen MR) is 229 cm³/mol. The molecule has 9 aromatic carbocycles. The van der Waals surface area contributed by atoms with Crippen LogP contribution in [0.2, 0.25) is 0 Å². The first-order chi connectivity index (χ1) is 26.3. The highest BCUT2D eigenvalue weighted by atomic mass is 32.1. The molecule has 2 heterocycles. The fourth-order valence-electron chi connectivity index (χ4n) is 8.36. The van der Waals surface area contributed by atoms with Crippen LogP contribution in [0, 0.1) is 0 Å². The van der Waals surface area contributed by atoms with Crippen LogP contribution < -0.4 is 4.90 Å². The van der Waals surface area contributed by atoms with Gasteiger partial charge in [-0.2, -0.15) is 0 Å². The van der Waals surface area contributed by atoms with Crippen molar-refractivity contribution in [2.45, 2.75) is 0 Å². The van der Waals surface area contributed by atoms with Crippen LogP contribution in [0.25, 0.3) is 80.3 Å². The van der Waals surface area contributed by atoms with Gasteiger partial charge in [0.1, 0.15) is 0 Å². The van der Waals surface area contributed by atoms with Crippen molar-refractivity contribution in [3.8, 4) is 16.8 Å². The average molecular weight is 693 g/mol. The number of benzene rings is 9. The number of hydrogen-bond acceptors (Lipinski definition) is 2. The number of anilines is 3. The van der Waals surface area contributed by atoms with Gasteiger partial charge in [0.25, 0.3) is 0 Å². The molecule has 248 valence electrons. The van der Waals surface area contributed by atoms with Gasteiger partial charge in [-0.25, -0.2) is 0 Å². The molecule has 2 aromatic heterocycles. The molecule has 0 saturated heterocycles. The molecule has 53 heavy (non-hydrogen) atoms. The third-order valence-corrected chi connectivity index (χ3v) is 11.9. The Bertz CT molecular complexity index is 3190. The molecule has 0 saturated carbocycles. The maximum atomic E-state index is 2.51. The summed E-state index contributed by atoms with van der Waals surface area (Å²) in [5.74, 6) is 0. The van der Waals surface area contributed by atoms with Gasteiger partial charge in [-0.15, -0.1) is 11.3 Å². The van der Waals surface area contributed by atoms with Gasteiger partial charge in [-0.3, -0.25) is 0 Å². The Hall–Kier alpha value is -6.68. The molecule has 0 radical (unpaired) electrons. The summed E-state index contributed by atoms with van der Waals surface area (Å²) in [6.45, 7) is 0. The summed E-state index contributed by atoms with van der Waals surface area (Å²) in [6, 6.07) is 71.0. The number of fused-ring (bicyclic) bond motifs is 9. The van der Waals surface area contributed by atoms with Crippen molar-refractivity contribution in [3.63, 3.8) is 0 Å². The fraction of sp³-hybridized carbons (Fsp3) is 0. The van der Waals surface area contributed by atoms with Crippen molar-refractivity contribution in [1.29, 1.82) is 0 Å². The van der Waals surface area contributed by atoms with Gasteiger partial charge >= 0.3 is 0 Å². The third kappa shape index (κ3) is 4.71. The SMILES string of the molecule is c1ccc(-n2c3ccccc3c3c(N(c4cccc(-c5ccc6ccccc6c5)c4)c4cccc5sc6c7ccccc7ccc6c45)cccc32)cc1. The maximum Gasteiger partial charge on any atom is 0.0562 e. The normalized spacial score (nSPS) is 11.8. The predicted octanol–water partition coefficient (Wildman–Crippen LogP) is 14.6. The van der Waals surface area contributed by atoms with E-state index in [0.717, 1.165) is 17.1 Å². The van der Waals surface area contributed by atoms with E-state index in [4.69, 9.17) is 0 Å². The molecule has 0 aliphatic rings. The molecule has 11 aromatic rings. The number of rotatable bonds is 5. The van der Waals surface area contributed by atoms with Crippen molar-refractivity contribution in [3.05, 3.63) is 194 Å². The van der Waals surface area contributed by atoms with Gasteiger partial charge in [0.15, 0.2) is 0 Å². The van der Waals surface area contributed by atoms with Crippen molar-refractivity contribution < 1.29 is 0 Å². The number of hydrogen-bond donors (Lipinski definition) is 0. The Morgan fingerprint density at radius 2 is 1.06 bits per heavy atom. The lowest BCUT2D eigenvalue weighted by Crippen LogP contribution is -2.11. The fourth-order valence-corrected chi connectivity index (χ4v) is 9.62. The monoisotopic (exact) mass is 692 g/mol. The van der Waals surface area contributed by atoms with Crippen LogP contribution in [-0.2, 0) is 0 Å². The Kier molecular flexibility index (Phi) is 6.76. The number of thiophene rings is 1. The summed E-state index contributed by atoms with van der Waals surface area (Å²) < 4.78 is 5.02. The van der Waals surface area contributed by atoms with Crippen LogP contribution in [0.4, 0.5) is 17.1 Å². The first-order valence-corrected chi connectivity index (χ1v) is 18.9. The zero-order chi connectivity index (χ0) is 34.9. The molecule has 0 aliphatic carbocycles. The van der Waals surface area contributed by atoms with E-state index in [-0.39, 0.29) is 0 Å². The number of aromatic nitrogens is 1. The molecular formula is C50H32N2S. The molecule has 0 N–H and O–H groups in total. The summed E-state index contributed by atoms with van der Waals surface area (Å²) in [5.41, 5.74) is 9.35. The lowest BCUT2D eigenvalue weighted by molar-refractivity contribution is 1.18. The van der Waals surface area contributed by atoms with Gasteiger partial charge in [-0.05, 0) is 93.3 Å². The van der Waals surface area contributed by atoms with Crippen LogP contribution in [-0.4, -0.2) is 4.57 Å². The number of para-hydroxylation sites is 2. The molecule has 0 fully saturated rings. The summed E-state index contributed by atoms with van der Waals surface area (Å²) in [5, 5.41) is 10.1. The van der Waals surface area contributed by atoms with E-state index in [1.807, 2.05) is 11.3 Å². The van der Waals surface area contributed by atoms with Gasteiger partial charge in [0.05, 0.1) is 22.4 Å². The summed E-state index contributed by atoms with van der Waals surface area (Å²) in [4.78, 5) is 2.51. The molecular weight excluding hydrogens is 661 g/mol. The Labute approximate surface area is 311 Å². The van der Waals surface area contributed by atoms with Crippen molar-refractivity contribution in [2.24, 2.45) is 0 Å². The zero-order valence-corrected chi connectivity index (χ0v) is 29.6. The van der Waals surface area contributed by atoms with E-state index < -0.39 is 0 Å². The lowest BCUT2D eigenvalue weighted by atomic mass is 9.99. The Balaban J connectivity index is 1.23. The molecule has 0 amide bonds. The minimum absolute atomic E-state index is 1.12. The average Bonchev–Trinajstić information content (AvgIpc) is 3.78. The standard InChI is InChI=1S/C50H32N2S/c1-2-17-38(18-3-1)51-43-22-9-8-21-41(43)48-44(51)23-11-24-45(48)52(39-19-10-16-36(32-39)37-28-27-33-13-4-5-15-35(33)31-37)46-25-12-26-47-49(46)42-30-29-34-14-6-7-20-40(34)50(42)53-47/h1-32H. The molecule has 0 unspecified atom stereocenters. The molecule has 3 heteroatoms. The van der Waals surface area contributed by atoms with E-state index in [9.17, 15) is 0 Å². The molecule has 0 atom stereocenters. The quantitative estimate of drug-likeness (QED) is 0.174. The molecule has 0 aliphatic heterocycles. The second kappa shape index (κ2) is 11.9. The summed E-state index contributed by atoms with van der Waals surface area (Å²) >= 11 is 1.89. The lowest BCUT2D eigenvalue weighted by Gasteiger charge is -2.28. The first kappa shape index (κ1) is 30.0. The van der Waals surface area contributed by atoms with Gasteiger partial charge < -0.3 is 9.47 Å². The molecule has 2 nitrogen and oxygen atoms in total. The van der Waals surface area contributed by atoms with Crippen LogP contribution in [0.3, 0.4) is 0 Å². The largest absolute Gasteiger partial charge is 0.309 e. The van der Waals surface area contributed by atoms with Crippen LogP contribution in [0.5, 0.6) is 0 Å². The van der Waals surface area contributed by atoms with Gasteiger partial charge in [0.2, 0.25) is 0 Å². The van der Waals surface area contributed by atoms with Crippen molar-refractivity contribution in [1.82, 2.24) is 4.57 Å². The molecule has 11 rings (SSSR count). The summed E-state index contributed by atoms with van der Waals surface area (Å²) in [6.07, 6.45) is 0. The van der Waals surface area contributed by atoms with E-state index in [1.54, 1.807) is 0 Å². The highest BCUT2D eigenvalue weighted by molar-refractivity contribution is 7.26. The Morgan fingerprint density at radius 3 is 1.94 bits per heavy atom. The summed E-state index contributed by atoms with van der Waals surface area (Å²) in [7, 11) is 0. The third-order valence-electron chi connectivity index (χ3n) is 10.7. The smallest absolute Gasteiger partial charge is 0.0562 e. The van der Waals surface area contributed by atoms with Crippen molar-refractivity contribution in [2.75, 3.05) is 4.90 Å². The second-order valence-corrected chi connectivity index (χ2v) is 14.8. The maximum absolute atomic E-state index is 2.51. The highest BCUT2D eigenvalue weighted by Gasteiger charge is 2.24. The van der Waals surface area contributed by atoms with E-state index >= 15 is 0 Å². The molecule has 0 bridgehead atoms. The van der Waals surface area contributed by atoms with Crippen LogP contribution in [0.15, 0.2) is 194 Å². The first-order valence-electron chi connectivity index (χ1n) is 18.1. The van der Waals surface area contributed by atoms with E-state index in [0.29, 0.717) is 0 Å². The number of nitrogens with zero attached hydrogens (tertiary/aromatic N) is 2. The zero-order valence-electron chi connectivity index (χ0n) is 28.8. The minimum atomic E-state index is 1.12. The van der Waals surface area contributed by atoms with Crippen LogP contribution >= 0.6 is 11.3 Å². The highest BCUT2D eigenvalue weighted by Crippen LogP contribution is 2.49. The second-order valence-electron chi connectivity index (χ2n) is 13.7.